The average Bonchev–Trinajstić information content (AvgIpc) is 2.42. The van der Waals surface area contributed by atoms with Crippen molar-refractivity contribution in [3.8, 4) is 0 Å². The molecule has 0 spiro atoms. The highest BCUT2D eigenvalue weighted by molar-refractivity contribution is 5.69. The van der Waals surface area contributed by atoms with Crippen LogP contribution in [0.5, 0.6) is 0 Å². The van der Waals surface area contributed by atoms with Gasteiger partial charge >= 0.3 is 5.97 Å². The lowest BCUT2D eigenvalue weighted by atomic mass is 10.1. The first kappa shape index (κ1) is 17.9. The number of allylic oxidation sites excluding steroid dienone is 3. The Morgan fingerprint density at radius 1 is 0.842 bits per heavy atom. The van der Waals surface area contributed by atoms with Crippen molar-refractivity contribution in [3.63, 3.8) is 0 Å². The molecule has 19 heavy (non-hydrogen) atoms. The van der Waals surface area contributed by atoms with E-state index in [1.165, 1.54) is 32.1 Å². The molecule has 0 fully saturated rings. The molecule has 2 nitrogen and oxygen atoms in total. The molecule has 0 saturated heterocycles. The maximum Gasteiger partial charge on any atom is 0.305 e. The monoisotopic (exact) mass is 266 g/mol. The summed E-state index contributed by atoms with van der Waals surface area (Å²) in [6, 6.07) is 0. The first-order valence-corrected chi connectivity index (χ1v) is 7.69. The number of hydrogen-bond donors (Lipinski definition) is 0. The van der Waals surface area contributed by atoms with Gasteiger partial charge in [0.2, 0.25) is 0 Å². The number of unbranched alkanes of at least 4 members (excludes halogenated alkanes) is 6. The predicted octanol–water partition coefficient (Wildman–Crippen LogP) is 5.19. The van der Waals surface area contributed by atoms with Gasteiger partial charge in [0, 0.05) is 6.42 Å². The van der Waals surface area contributed by atoms with Crippen molar-refractivity contribution in [2.45, 2.75) is 71.6 Å². The Bertz CT molecular complexity index is 254. The van der Waals surface area contributed by atoms with Crippen molar-refractivity contribution >= 4 is 5.97 Å². The van der Waals surface area contributed by atoms with E-state index in [2.05, 4.69) is 19.1 Å². The summed E-state index contributed by atoms with van der Waals surface area (Å²) in [5, 5.41) is 0. The second-order valence-electron chi connectivity index (χ2n) is 4.81. The molecule has 0 aromatic rings. The fourth-order valence-corrected chi connectivity index (χ4v) is 1.88. The summed E-state index contributed by atoms with van der Waals surface area (Å²) < 4.78 is 5.12. The van der Waals surface area contributed by atoms with Gasteiger partial charge in [-0.1, -0.05) is 50.0 Å². The lowest BCUT2D eigenvalue weighted by Gasteiger charge is -2.03. The van der Waals surface area contributed by atoms with Crippen molar-refractivity contribution in [2.24, 2.45) is 0 Å². The van der Waals surface area contributed by atoms with E-state index in [1.807, 2.05) is 19.1 Å². The van der Waals surface area contributed by atoms with Gasteiger partial charge in [0.05, 0.1) is 6.61 Å². The van der Waals surface area contributed by atoms with Crippen molar-refractivity contribution in [2.75, 3.05) is 6.61 Å². The first-order valence-electron chi connectivity index (χ1n) is 7.69. The fourth-order valence-electron chi connectivity index (χ4n) is 1.88. The minimum Gasteiger partial charge on any atom is -0.465 e. The molecule has 0 bridgehead atoms. The highest BCUT2D eigenvalue weighted by Crippen LogP contribution is 2.09. The van der Waals surface area contributed by atoms with Gasteiger partial charge in [0.25, 0.3) is 0 Å². The summed E-state index contributed by atoms with van der Waals surface area (Å²) in [6.07, 6.45) is 18.2. The first-order chi connectivity index (χ1) is 9.31. The highest BCUT2D eigenvalue weighted by atomic mass is 16.5. The van der Waals surface area contributed by atoms with Crippen LogP contribution in [0.25, 0.3) is 0 Å². The molecular weight excluding hydrogens is 236 g/mol. The topological polar surface area (TPSA) is 26.3 Å². The standard InChI is InChI=1S/C17H30O2/c1-3-5-7-8-9-10-11-12-13-15-17(18)19-16-14-6-4-2/h3-6H,7-16H2,1-2H3/b5-3?,6-4+. The minimum atomic E-state index is -0.0439. The second-order valence-corrected chi connectivity index (χ2v) is 4.81. The number of ether oxygens (including phenoxy) is 1. The minimum absolute atomic E-state index is 0.0439. The third-order valence-electron chi connectivity index (χ3n) is 3.02. The number of esters is 1. The number of hydrogen-bond acceptors (Lipinski definition) is 2. The normalized spacial score (nSPS) is 11.5. The van der Waals surface area contributed by atoms with Gasteiger partial charge in [-0.25, -0.2) is 0 Å². The van der Waals surface area contributed by atoms with Gasteiger partial charge < -0.3 is 4.74 Å². The fraction of sp³-hybridized carbons (Fsp3) is 0.706. The Kier molecular flexibility index (Phi) is 14.2. The van der Waals surface area contributed by atoms with Crippen LogP contribution < -0.4 is 0 Å². The Morgan fingerprint density at radius 3 is 2.11 bits per heavy atom. The lowest BCUT2D eigenvalue weighted by molar-refractivity contribution is -0.143. The molecule has 0 unspecified atom stereocenters. The Morgan fingerprint density at radius 2 is 1.42 bits per heavy atom. The van der Waals surface area contributed by atoms with Crippen LogP contribution >= 0.6 is 0 Å². The van der Waals surface area contributed by atoms with Crippen LogP contribution in [-0.4, -0.2) is 12.6 Å². The van der Waals surface area contributed by atoms with E-state index in [0.717, 1.165) is 19.3 Å². The van der Waals surface area contributed by atoms with Crippen LogP contribution in [0.3, 0.4) is 0 Å². The molecule has 0 aliphatic carbocycles. The van der Waals surface area contributed by atoms with Crippen molar-refractivity contribution in [1.82, 2.24) is 0 Å². The van der Waals surface area contributed by atoms with Crippen LogP contribution in [0.1, 0.15) is 71.6 Å². The van der Waals surface area contributed by atoms with Gasteiger partial charge in [-0.05, 0) is 39.5 Å². The Labute approximate surface area is 118 Å². The van der Waals surface area contributed by atoms with Crippen molar-refractivity contribution in [3.05, 3.63) is 24.3 Å². The maximum absolute atomic E-state index is 11.4. The van der Waals surface area contributed by atoms with Crippen LogP contribution in [-0.2, 0) is 9.53 Å². The molecule has 0 atom stereocenters. The van der Waals surface area contributed by atoms with Gasteiger partial charge in [0.15, 0.2) is 0 Å². The molecule has 0 heterocycles. The van der Waals surface area contributed by atoms with Gasteiger partial charge in [-0.15, -0.1) is 0 Å². The van der Waals surface area contributed by atoms with Crippen LogP contribution in [0.4, 0.5) is 0 Å². The highest BCUT2D eigenvalue weighted by Gasteiger charge is 2.01. The van der Waals surface area contributed by atoms with Gasteiger partial charge in [0.1, 0.15) is 0 Å². The average molecular weight is 266 g/mol. The van der Waals surface area contributed by atoms with E-state index in [9.17, 15) is 4.79 Å². The van der Waals surface area contributed by atoms with Crippen LogP contribution in [0.2, 0.25) is 0 Å². The molecule has 0 aromatic carbocycles. The summed E-state index contributed by atoms with van der Waals surface area (Å²) in [4.78, 5) is 11.4. The molecule has 0 rings (SSSR count). The molecular formula is C17H30O2. The SMILES string of the molecule is CC=CCCCCCCCCC(=O)OCC/C=C/C. The third-order valence-corrected chi connectivity index (χ3v) is 3.02. The summed E-state index contributed by atoms with van der Waals surface area (Å²) in [6.45, 7) is 4.56. The molecule has 0 amide bonds. The smallest absolute Gasteiger partial charge is 0.305 e. The molecule has 0 radical (unpaired) electrons. The zero-order valence-corrected chi connectivity index (χ0v) is 12.7. The molecule has 0 saturated carbocycles. The largest absolute Gasteiger partial charge is 0.465 e. The number of carbonyl (C=O) groups excluding carboxylic acids is 1. The maximum atomic E-state index is 11.4. The zero-order valence-electron chi connectivity index (χ0n) is 12.7. The van der Waals surface area contributed by atoms with Crippen LogP contribution in [0.15, 0.2) is 24.3 Å². The van der Waals surface area contributed by atoms with E-state index >= 15 is 0 Å². The number of carbonyl (C=O) groups is 1. The van der Waals surface area contributed by atoms with Crippen molar-refractivity contribution in [1.29, 1.82) is 0 Å². The molecule has 0 aliphatic rings. The Hall–Kier alpha value is -1.05. The van der Waals surface area contributed by atoms with Crippen molar-refractivity contribution < 1.29 is 9.53 Å². The predicted molar refractivity (Wildman–Crippen MR) is 82.1 cm³/mol. The third kappa shape index (κ3) is 14.9. The van der Waals surface area contributed by atoms with E-state index < -0.39 is 0 Å². The quantitative estimate of drug-likeness (QED) is 0.276. The van der Waals surface area contributed by atoms with E-state index in [1.54, 1.807) is 0 Å². The number of rotatable bonds is 12. The molecule has 0 aromatic heterocycles. The van der Waals surface area contributed by atoms with E-state index in [0.29, 0.717) is 13.0 Å². The van der Waals surface area contributed by atoms with Crippen LogP contribution in [0, 0.1) is 0 Å². The Balaban J connectivity index is 3.18. The van der Waals surface area contributed by atoms with E-state index in [4.69, 9.17) is 4.74 Å². The van der Waals surface area contributed by atoms with Gasteiger partial charge in [-0.2, -0.15) is 0 Å². The van der Waals surface area contributed by atoms with E-state index in [-0.39, 0.29) is 5.97 Å². The summed E-state index contributed by atoms with van der Waals surface area (Å²) in [5.41, 5.74) is 0. The molecule has 2 heteroatoms. The lowest BCUT2D eigenvalue weighted by Crippen LogP contribution is -2.04. The summed E-state index contributed by atoms with van der Waals surface area (Å²) in [5.74, 6) is -0.0439. The summed E-state index contributed by atoms with van der Waals surface area (Å²) >= 11 is 0. The second kappa shape index (κ2) is 15.0. The molecule has 110 valence electrons. The molecule has 0 aliphatic heterocycles. The summed E-state index contributed by atoms with van der Waals surface area (Å²) in [7, 11) is 0. The molecule has 0 N–H and O–H groups in total. The zero-order chi connectivity index (χ0) is 14.2. The van der Waals surface area contributed by atoms with Gasteiger partial charge in [-0.3, -0.25) is 4.79 Å².